The molecule has 0 heterocycles. The van der Waals surface area contributed by atoms with Crippen LogP contribution in [0.4, 0.5) is 0 Å². The molecule has 6 N–H and O–H groups in total. The fourth-order valence-corrected chi connectivity index (χ4v) is 6.49. The maximum Gasteiger partial charge on any atom is 0.184 e. The van der Waals surface area contributed by atoms with Gasteiger partial charge in [-0.3, -0.25) is 10.9 Å². The van der Waals surface area contributed by atoms with Gasteiger partial charge in [-0.25, -0.2) is 0 Å². The van der Waals surface area contributed by atoms with Gasteiger partial charge in [0.1, 0.15) is 0 Å². The first-order valence-corrected chi connectivity index (χ1v) is 8.17. The van der Waals surface area contributed by atoms with Crippen LogP contribution in [0.3, 0.4) is 0 Å². The number of hydrazone groups is 2. The smallest absolute Gasteiger partial charge is 0.184 e. The lowest BCUT2D eigenvalue weighted by atomic mass is 9.59. The third-order valence-electron chi connectivity index (χ3n) is 6.46. The second-order valence-corrected chi connectivity index (χ2v) is 7.73. The van der Waals surface area contributed by atoms with Gasteiger partial charge in [-0.05, 0) is 54.5 Å². The van der Waals surface area contributed by atoms with E-state index in [2.05, 4.69) is 21.1 Å². The highest BCUT2D eigenvalue weighted by atomic mass is 32.1. The van der Waals surface area contributed by atoms with Crippen LogP contribution in [0.1, 0.15) is 6.42 Å². The highest BCUT2D eigenvalue weighted by Crippen LogP contribution is 2.80. The van der Waals surface area contributed by atoms with Crippen LogP contribution >= 0.6 is 24.4 Å². The molecular formula is C13H16N6S2. The van der Waals surface area contributed by atoms with Crippen molar-refractivity contribution in [2.24, 2.45) is 69.0 Å². The van der Waals surface area contributed by atoms with E-state index < -0.39 is 0 Å². The van der Waals surface area contributed by atoms with Gasteiger partial charge in [0.2, 0.25) is 0 Å². The fourth-order valence-electron chi connectivity index (χ4n) is 6.40. The van der Waals surface area contributed by atoms with Gasteiger partial charge in [0, 0.05) is 35.1 Å². The molecule has 5 aliphatic carbocycles. The Kier molecular flexibility index (Phi) is 2.18. The number of hydrogen-bond donors (Lipinski definition) is 4. The van der Waals surface area contributed by atoms with E-state index in [1.807, 2.05) is 0 Å². The molecule has 8 atom stereocenters. The molecule has 5 saturated carbocycles. The molecule has 0 spiro atoms. The molecule has 8 heteroatoms. The summed E-state index contributed by atoms with van der Waals surface area (Å²) in [6.07, 6.45) is 1.33. The lowest BCUT2D eigenvalue weighted by Crippen LogP contribution is -2.49. The number of fused-ring (bicyclic) bond motifs is 2. The maximum absolute atomic E-state index is 5.52. The average molecular weight is 320 g/mol. The summed E-state index contributed by atoms with van der Waals surface area (Å²) in [6, 6.07) is 0. The molecule has 0 aliphatic heterocycles. The van der Waals surface area contributed by atoms with Crippen LogP contribution in [-0.4, -0.2) is 21.6 Å². The molecule has 5 fully saturated rings. The van der Waals surface area contributed by atoms with E-state index in [0.29, 0.717) is 23.7 Å². The van der Waals surface area contributed by atoms with Crippen LogP contribution in [0, 0.1) is 47.3 Å². The van der Waals surface area contributed by atoms with Crippen LogP contribution in [0.25, 0.3) is 0 Å². The second-order valence-electron chi connectivity index (χ2n) is 6.85. The largest absolute Gasteiger partial charge is 0.375 e. The molecule has 21 heavy (non-hydrogen) atoms. The summed E-state index contributed by atoms with van der Waals surface area (Å²) >= 11 is 9.75. The Morgan fingerprint density at radius 1 is 0.857 bits per heavy atom. The molecule has 0 saturated heterocycles. The third kappa shape index (κ3) is 1.25. The van der Waals surface area contributed by atoms with Crippen molar-refractivity contribution in [3.05, 3.63) is 0 Å². The van der Waals surface area contributed by atoms with Gasteiger partial charge in [-0.1, -0.05) is 0 Å². The van der Waals surface area contributed by atoms with E-state index in [1.54, 1.807) is 0 Å². The van der Waals surface area contributed by atoms with E-state index in [0.717, 1.165) is 23.7 Å². The monoisotopic (exact) mass is 320 g/mol. The van der Waals surface area contributed by atoms with Crippen LogP contribution in [0.15, 0.2) is 10.2 Å². The van der Waals surface area contributed by atoms with Crippen LogP contribution in [-0.2, 0) is 0 Å². The van der Waals surface area contributed by atoms with E-state index in [4.69, 9.17) is 35.9 Å². The first-order chi connectivity index (χ1) is 10.1. The average Bonchev–Trinajstić information content (AvgIpc) is 2.91. The molecule has 0 aromatic carbocycles. The number of hydrogen-bond acceptors (Lipinski definition) is 4. The van der Waals surface area contributed by atoms with Crippen LogP contribution in [0.5, 0.6) is 0 Å². The number of nitrogens with two attached hydrogens (primary N) is 2. The number of nitrogens with zero attached hydrogens (tertiary/aromatic N) is 2. The first kappa shape index (κ1) is 12.3. The molecule has 0 aromatic rings. The van der Waals surface area contributed by atoms with Gasteiger partial charge in [0.05, 0.1) is 0 Å². The summed E-state index contributed by atoms with van der Waals surface area (Å²) in [5.74, 6) is 5.30. The van der Waals surface area contributed by atoms with Gasteiger partial charge in [-0.15, -0.1) is 0 Å². The zero-order valence-electron chi connectivity index (χ0n) is 11.2. The molecule has 2 bridgehead atoms. The first-order valence-electron chi connectivity index (χ1n) is 7.35. The Morgan fingerprint density at radius 2 is 1.29 bits per heavy atom. The highest BCUT2D eigenvalue weighted by molar-refractivity contribution is 7.80. The van der Waals surface area contributed by atoms with Crippen LogP contribution in [0.2, 0.25) is 0 Å². The van der Waals surface area contributed by atoms with E-state index >= 15 is 0 Å². The second kappa shape index (κ2) is 3.73. The predicted molar refractivity (Wildman–Crippen MR) is 87.2 cm³/mol. The quantitative estimate of drug-likeness (QED) is 0.414. The SMILES string of the molecule is NC(=S)N/N=C1/[C@@H]2[C@H]3C[C@H]4[C@@H]2/C(=N/NC(N)=S)[C@@H]2[C@@H]1[C@H]3[C@H]42. The van der Waals surface area contributed by atoms with Crippen molar-refractivity contribution >= 4 is 46.1 Å². The minimum absolute atomic E-state index is 0.241. The lowest BCUT2D eigenvalue weighted by Gasteiger charge is -2.44. The normalized spacial score (nSPS) is 53.5. The minimum atomic E-state index is 0.241. The molecule has 5 rings (SSSR count). The van der Waals surface area contributed by atoms with E-state index in [9.17, 15) is 0 Å². The lowest BCUT2D eigenvalue weighted by molar-refractivity contribution is 0.0654. The van der Waals surface area contributed by atoms with Crippen molar-refractivity contribution in [2.75, 3.05) is 0 Å². The number of thiocarbonyl (C=S) groups is 2. The summed E-state index contributed by atoms with van der Waals surface area (Å²) in [4.78, 5) is 0. The Balaban J connectivity index is 1.54. The summed E-state index contributed by atoms with van der Waals surface area (Å²) in [5.41, 5.74) is 19.2. The van der Waals surface area contributed by atoms with Crippen molar-refractivity contribution < 1.29 is 0 Å². The molecule has 0 unspecified atom stereocenters. The summed E-state index contributed by atoms with van der Waals surface area (Å²) in [7, 11) is 0. The van der Waals surface area contributed by atoms with Gasteiger partial charge >= 0.3 is 0 Å². The van der Waals surface area contributed by atoms with Gasteiger partial charge < -0.3 is 11.5 Å². The van der Waals surface area contributed by atoms with Crippen molar-refractivity contribution in [3.8, 4) is 0 Å². The Labute approximate surface area is 132 Å². The van der Waals surface area contributed by atoms with Gasteiger partial charge in [0.25, 0.3) is 0 Å². The van der Waals surface area contributed by atoms with E-state index in [1.165, 1.54) is 17.8 Å². The third-order valence-corrected chi connectivity index (χ3v) is 6.64. The van der Waals surface area contributed by atoms with Gasteiger partial charge in [0.15, 0.2) is 10.2 Å². The van der Waals surface area contributed by atoms with Crippen molar-refractivity contribution in [1.29, 1.82) is 0 Å². The minimum Gasteiger partial charge on any atom is -0.375 e. The Morgan fingerprint density at radius 3 is 1.67 bits per heavy atom. The Bertz CT molecular complexity index is 585. The van der Waals surface area contributed by atoms with Crippen LogP contribution < -0.4 is 22.3 Å². The molecule has 0 amide bonds. The molecule has 5 aliphatic rings. The molecular weight excluding hydrogens is 304 g/mol. The zero-order chi connectivity index (χ0) is 14.5. The molecule has 6 nitrogen and oxygen atoms in total. The highest BCUT2D eigenvalue weighted by Gasteiger charge is 2.82. The fraction of sp³-hybridized carbons (Fsp3) is 0.692. The van der Waals surface area contributed by atoms with E-state index in [-0.39, 0.29) is 10.2 Å². The number of nitrogens with one attached hydrogen (secondary N) is 2. The van der Waals surface area contributed by atoms with Crippen molar-refractivity contribution in [1.82, 2.24) is 10.9 Å². The predicted octanol–water partition coefficient (Wildman–Crippen LogP) is -0.248. The van der Waals surface area contributed by atoms with Crippen molar-refractivity contribution in [2.45, 2.75) is 6.42 Å². The molecule has 0 radical (unpaired) electrons. The standard InChI is InChI=1S/C13H16N6S2/c14-12(20)18-16-10-6-2-1-3-5-4(2)8(10)9(5)11(7(3)6)17-19-13(15)21/h2-9H,1H2,(H3,14,18,20)(H3,15,19,21)/b16-10-,17-11-/t2-,3+,4+,5-,6+,7-,8-,9-/m0/s1. The maximum atomic E-state index is 5.52. The summed E-state index contributed by atoms with van der Waals surface area (Å²) in [5, 5.41) is 9.57. The number of rotatable bonds is 2. The summed E-state index contributed by atoms with van der Waals surface area (Å²) < 4.78 is 0. The topological polar surface area (TPSA) is 101 Å². The Hall–Kier alpha value is -1.28. The van der Waals surface area contributed by atoms with Gasteiger partial charge in [-0.2, -0.15) is 10.2 Å². The summed E-state index contributed by atoms with van der Waals surface area (Å²) in [6.45, 7) is 0. The molecule has 110 valence electrons. The zero-order valence-corrected chi connectivity index (χ0v) is 12.8. The van der Waals surface area contributed by atoms with Crippen molar-refractivity contribution in [3.63, 3.8) is 0 Å². The molecule has 0 aromatic heterocycles.